The molecule has 16 heavy (non-hydrogen) atoms. The highest BCUT2D eigenvalue weighted by Gasteiger charge is 2.11. The fraction of sp³-hybridized carbons (Fsp3) is 0.462. The molecule has 0 aliphatic heterocycles. The molecule has 0 saturated carbocycles. The van der Waals surface area contributed by atoms with Gasteiger partial charge < -0.3 is 4.74 Å². The summed E-state index contributed by atoms with van der Waals surface area (Å²) in [5, 5.41) is 0.123. The first-order valence-corrected chi connectivity index (χ1v) is 5.93. The number of rotatable bonds is 5. The van der Waals surface area contributed by atoms with Gasteiger partial charge in [0.25, 0.3) is 0 Å². The molecule has 1 rings (SSSR count). The maximum Gasteiger partial charge on any atom is 0.338 e. The number of carbonyl (C=O) groups excluding carboxylic acids is 1. The minimum Gasteiger partial charge on any atom is -0.459 e. The van der Waals surface area contributed by atoms with Gasteiger partial charge in [0, 0.05) is 5.38 Å². The van der Waals surface area contributed by atoms with Crippen molar-refractivity contribution in [3.05, 3.63) is 35.9 Å². The van der Waals surface area contributed by atoms with E-state index >= 15 is 0 Å². The van der Waals surface area contributed by atoms with Gasteiger partial charge in [-0.15, -0.1) is 11.6 Å². The lowest BCUT2D eigenvalue weighted by molar-refractivity contribution is 0.0321. The van der Waals surface area contributed by atoms with Crippen LogP contribution in [0.5, 0.6) is 0 Å². The third kappa shape index (κ3) is 4.67. The van der Waals surface area contributed by atoms with Crippen LogP contribution in [0.3, 0.4) is 0 Å². The Morgan fingerprint density at radius 2 is 1.88 bits per heavy atom. The smallest absolute Gasteiger partial charge is 0.338 e. The van der Waals surface area contributed by atoms with Crippen molar-refractivity contribution in [2.24, 2.45) is 0 Å². The summed E-state index contributed by atoms with van der Waals surface area (Å²) in [6, 6.07) is 9.01. The summed E-state index contributed by atoms with van der Waals surface area (Å²) in [5.74, 6) is -0.268. The Morgan fingerprint density at radius 3 is 2.44 bits per heavy atom. The predicted molar refractivity (Wildman–Crippen MR) is 65.9 cm³/mol. The van der Waals surface area contributed by atoms with Crippen molar-refractivity contribution in [3.63, 3.8) is 0 Å². The molecule has 2 unspecified atom stereocenters. The number of esters is 1. The van der Waals surface area contributed by atoms with E-state index in [4.69, 9.17) is 16.3 Å². The Hall–Kier alpha value is -1.02. The molecule has 88 valence electrons. The van der Waals surface area contributed by atoms with Crippen molar-refractivity contribution in [2.45, 2.75) is 38.2 Å². The van der Waals surface area contributed by atoms with Crippen molar-refractivity contribution < 1.29 is 9.53 Å². The summed E-state index contributed by atoms with van der Waals surface area (Å²) in [6.07, 6.45) is 1.56. The predicted octanol–water partition coefficient (Wildman–Crippen LogP) is 3.64. The van der Waals surface area contributed by atoms with E-state index < -0.39 is 0 Å². The fourth-order valence-corrected chi connectivity index (χ4v) is 1.47. The molecule has 0 heterocycles. The van der Waals surface area contributed by atoms with E-state index in [0.717, 1.165) is 12.8 Å². The molecule has 0 saturated heterocycles. The molecular weight excluding hydrogens is 224 g/mol. The van der Waals surface area contributed by atoms with Gasteiger partial charge in [-0.25, -0.2) is 4.79 Å². The molecule has 2 nitrogen and oxygen atoms in total. The minimum atomic E-state index is -0.268. The van der Waals surface area contributed by atoms with Gasteiger partial charge in [0.05, 0.1) is 11.7 Å². The highest BCUT2D eigenvalue weighted by atomic mass is 35.5. The average molecular weight is 241 g/mol. The minimum absolute atomic E-state index is 0.0890. The SMILES string of the molecule is CC(Cl)CCC(C)OC(=O)c1ccccc1. The topological polar surface area (TPSA) is 26.3 Å². The summed E-state index contributed by atoms with van der Waals surface area (Å²) in [4.78, 5) is 11.6. The Kier molecular flexibility index (Phi) is 5.33. The van der Waals surface area contributed by atoms with Crippen LogP contribution in [0.15, 0.2) is 30.3 Å². The van der Waals surface area contributed by atoms with E-state index in [1.54, 1.807) is 12.1 Å². The van der Waals surface area contributed by atoms with Crippen LogP contribution in [0.1, 0.15) is 37.0 Å². The Morgan fingerprint density at radius 1 is 1.25 bits per heavy atom. The summed E-state index contributed by atoms with van der Waals surface area (Å²) in [5.41, 5.74) is 0.591. The van der Waals surface area contributed by atoms with Gasteiger partial charge >= 0.3 is 5.97 Å². The lowest BCUT2D eigenvalue weighted by Crippen LogP contribution is -2.15. The molecule has 0 aliphatic rings. The number of ether oxygens (including phenoxy) is 1. The largest absolute Gasteiger partial charge is 0.459 e. The number of alkyl halides is 1. The molecular formula is C13H17ClO2. The number of carbonyl (C=O) groups is 1. The van der Waals surface area contributed by atoms with Gasteiger partial charge in [0.1, 0.15) is 0 Å². The van der Waals surface area contributed by atoms with Crippen LogP contribution in [0.4, 0.5) is 0 Å². The van der Waals surface area contributed by atoms with Gasteiger partial charge in [-0.05, 0) is 38.8 Å². The first-order chi connectivity index (χ1) is 7.59. The first kappa shape index (κ1) is 13.0. The Labute approximate surface area is 102 Å². The molecule has 2 atom stereocenters. The van der Waals surface area contributed by atoms with E-state index in [1.165, 1.54) is 0 Å². The molecule has 1 aromatic rings. The van der Waals surface area contributed by atoms with Crippen LogP contribution >= 0.6 is 11.6 Å². The van der Waals surface area contributed by atoms with Gasteiger partial charge in [-0.3, -0.25) is 0 Å². The Balaban J connectivity index is 2.40. The maximum atomic E-state index is 11.6. The molecule has 3 heteroatoms. The highest BCUT2D eigenvalue weighted by Crippen LogP contribution is 2.11. The highest BCUT2D eigenvalue weighted by molar-refractivity contribution is 6.20. The lowest BCUT2D eigenvalue weighted by Gasteiger charge is -2.13. The summed E-state index contributed by atoms with van der Waals surface area (Å²) < 4.78 is 5.29. The Bertz CT molecular complexity index is 322. The van der Waals surface area contributed by atoms with Crippen molar-refractivity contribution in [1.29, 1.82) is 0 Å². The zero-order valence-corrected chi connectivity index (χ0v) is 10.4. The summed E-state index contributed by atoms with van der Waals surface area (Å²) in [6.45, 7) is 3.83. The maximum absolute atomic E-state index is 11.6. The van der Waals surface area contributed by atoms with E-state index in [0.29, 0.717) is 5.56 Å². The molecule has 1 aromatic carbocycles. The number of benzene rings is 1. The first-order valence-electron chi connectivity index (χ1n) is 5.49. The lowest BCUT2D eigenvalue weighted by atomic mass is 10.2. The van der Waals surface area contributed by atoms with Crippen LogP contribution in [-0.2, 0) is 4.74 Å². The van der Waals surface area contributed by atoms with Gasteiger partial charge in [0.2, 0.25) is 0 Å². The van der Waals surface area contributed by atoms with Crippen LogP contribution in [0.25, 0.3) is 0 Å². The summed E-state index contributed by atoms with van der Waals surface area (Å²) in [7, 11) is 0. The fourth-order valence-electron chi connectivity index (χ4n) is 1.35. The molecule has 0 bridgehead atoms. The zero-order valence-electron chi connectivity index (χ0n) is 9.65. The van der Waals surface area contributed by atoms with Crippen molar-refractivity contribution in [3.8, 4) is 0 Å². The molecule has 0 fully saturated rings. The second-order valence-corrected chi connectivity index (χ2v) is 4.69. The molecule has 0 spiro atoms. The van der Waals surface area contributed by atoms with Crippen molar-refractivity contribution >= 4 is 17.6 Å². The van der Waals surface area contributed by atoms with E-state index in [1.807, 2.05) is 32.0 Å². The molecule has 0 aliphatic carbocycles. The van der Waals surface area contributed by atoms with Crippen molar-refractivity contribution in [1.82, 2.24) is 0 Å². The molecule has 0 N–H and O–H groups in total. The van der Waals surface area contributed by atoms with Gasteiger partial charge in [-0.2, -0.15) is 0 Å². The number of halogens is 1. The second-order valence-electron chi connectivity index (χ2n) is 3.94. The van der Waals surface area contributed by atoms with Crippen molar-refractivity contribution in [2.75, 3.05) is 0 Å². The van der Waals surface area contributed by atoms with Crippen LogP contribution in [0, 0.1) is 0 Å². The van der Waals surface area contributed by atoms with Gasteiger partial charge in [-0.1, -0.05) is 18.2 Å². The zero-order chi connectivity index (χ0) is 12.0. The van der Waals surface area contributed by atoms with E-state index in [2.05, 4.69) is 0 Å². The standard InChI is InChI=1S/C13H17ClO2/c1-10(14)8-9-11(2)16-13(15)12-6-4-3-5-7-12/h3-7,10-11H,8-9H2,1-2H3. The van der Waals surface area contributed by atoms with Gasteiger partial charge in [0.15, 0.2) is 0 Å². The van der Waals surface area contributed by atoms with E-state index in [-0.39, 0.29) is 17.5 Å². The van der Waals surface area contributed by atoms with E-state index in [9.17, 15) is 4.79 Å². The second kappa shape index (κ2) is 6.54. The number of hydrogen-bond acceptors (Lipinski definition) is 2. The third-order valence-corrected chi connectivity index (χ3v) is 2.51. The average Bonchev–Trinajstić information content (AvgIpc) is 2.27. The van der Waals surface area contributed by atoms with Crippen LogP contribution in [0.2, 0.25) is 0 Å². The monoisotopic (exact) mass is 240 g/mol. The normalized spacial score (nSPS) is 14.2. The summed E-state index contributed by atoms with van der Waals surface area (Å²) >= 11 is 5.83. The quantitative estimate of drug-likeness (QED) is 0.580. The molecule has 0 aromatic heterocycles. The third-order valence-electron chi connectivity index (χ3n) is 2.29. The molecule has 0 radical (unpaired) electrons. The van der Waals surface area contributed by atoms with Crippen LogP contribution < -0.4 is 0 Å². The molecule has 0 amide bonds. The number of hydrogen-bond donors (Lipinski definition) is 0. The van der Waals surface area contributed by atoms with Crippen LogP contribution in [-0.4, -0.2) is 17.5 Å².